The quantitative estimate of drug-likeness (QED) is 0.798. The van der Waals surface area contributed by atoms with Crippen LogP contribution in [0.4, 0.5) is 5.82 Å². The zero-order valence-corrected chi connectivity index (χ0v) is 8.87. The Kier molecular flexibility index (Phi) is 2.75. The second-order valence-electron chi connectivity index (χ2n) is 4.19. The van der Waals surface area contributed by atoms with Crippen LogP contribution < -0.4 is 5.73 Å². The maximum Gasteiger partial charge on any atom is 0.126 e. The molecule has 1 aliphatic carbocycles. The monoisotopic (exact) mass is 193 g/mol. The van der Waals surface area contributed by atoms with Crippen molar-refractivity contribution in [2.24, 2.45) is 0 Å². The number of hydrogen-bond acceptors (Lipinski definition) is 2. The number of rotatable bonds is 4. The van der Waals surface area contributed by atoms with Crippen LogP contribution in [0.15, 0.2) is 6.33 Å². The summed E-state index contributed by atoms with van der Waals surface area (Å²) in [6.45, 7) is 3.21. The van der Waals surface area contributed by atoms with Crippen molar-refractivity contribution >= 4 is 5.82 Å². The number of aromatic nitrogens is 2. The molecule has 0 unspecified atom stereocenters. The fourth-order valence-corrected chi connectivity index (χ4v) is 1.91. The molecular weight excluding hydrogens is 174 g/mol. The van der Waals surface area contributed by atoms with Gasteiger partial charge in [-0.3, -0.25) is 0 Å². The highest BCUT2D eigenvalue weighted by Gasteiger charge is 2.24. The van der Waals surface area contributed by atoms with Crippen LogP contribution in [0.3, 0.4) is 0 Å². The first-order valence-corrected chi connectivity index (χ1v) is 5.63. The lowest BCUT2D eigenvalue weighted by Gasteiger charge is -2.24. The lowest BCUT2D eigenvalue weighted by atomic mass is 9.83. The van der Waals surface area contributed by atoms with E-state index < -0.39 is 0 Å². The van der Waals surface area contributed by atoms with Gasteiger partial charge < -0.3 is 10.3 Å². The number of imidazole rings is 1. The molecule has 0 aliphatic heterocycles. The van der Waals surface area contributed by atoms with Crippen molar-refractivity contribution < 1.29 is 0 Å². The first-order chi connectivity index (χ1) is 6.83. The molecule has 0 saturated heterocycles. The molecular formula is C11H19N3. The van der Waals surface area contributed by atoms with E-state index in [0.29, 0.717) is 5.92 Å². The molecule has 14 heavy (non-hydrogen) atoms. The third kappa shape index (κ3) is 1.63. The molecule has 1 aromatic rings. The highest BCUT2D eigenvalue weighted by molar-refractivity contribution is 5.39. The van der Waals surface area contributed by atoms with E-state index in [0.717, 1.165) is 18.1 Å². The van der Waals surface area contributed by atoms with Gasteiger partial charge in [0.15, 0.2) is 0 Å². The van der Waals surface area contributed by atoms with Crippen LogP contribution >= 0.6 is 0 Å². The van der Waals surface area contributed by atoms with E-state index in [1.807, 2.05) is 6.33 Å². The summed E-state index contributed by atoms with van der Waals surface area (Å²) in [4.78, 5) is 4.43. The highest BCUT2D eigenvalue weighted by atomic mass is 15.1. The van der Waals surface area contributed by atoms with Gasteiger partial charge in [-0.05, 0) is 19.3 Å². The number of anilines is 1. The summed E-state index contributed by atoms with van der Waals surface area (Å²) in [5.41, 5.74) is 7.20. The van der Waals surface area contributed by atoms with Crippen LogP contribution in [-0.2, 0) is 6.54 Å². The van der Waals surface area contributed by atoms with Gasteiger partial charge in [-0.15, -0.1) is 0 Å². The van der Waals surface area contributed by atoms with Gasteiger partial charge >= 0.3 is 0 Å². The van der Waals surface area contributed by atoms with Gasteiger partial charge in [-0.2, -0.15) is 0 Å². The molecule has 3 nitrogen and oxygen atoms in total. The summed E-state index contributed by atoms with van der Waals surface area (Å²) in [7, 11) is 0. The van der Waals surface area contributed by atoms with Crippen molar-refractivity contribution in [3.63, 3.8) is 0 Å². The lowest BCUT2D eigenvalue weighted by molar-refractivity contribution is 0.413. The van der Waals surface area contributed by atoms with E-state index in [9.17, 15) is 0 Å². The zero-order valence-electron chi connectivity index (χ0n) is 8.87. The van der Waals surface area contributed by atoms with E-state index in [4.69, 9.17) is 5.73 Å². The fraction of sp³-hybridized carbons (Fsp3) is 0.727. The van der Waals surface area contributed by atoms with Crippen molar-refractivity contribution in [1.82, 2.24) is 9.55 Å². The van der Waals surface area contributed by atoms with E-state index >= 15 is 0 Å². The number of unbranched alkanes of at least 4 members (excludes halogenated alkanes) is 1. The Hall–Kier alpha value is -0.990. The molecule has 0 atom stereocenters. The molecule has 0 amide bonds. The van der Waals surface area contributed by atoms with E-state index in [1.165, 1.54) is 32.1 Å². The van der Waals surface area contributed by atoms with E-state index in [1.54, 1.807) is 0 Å². The van der Waals surface area contributed by atoms with Gasteiger partial charge in [-0.25, -0.2) is 4.98 Å². The molecule has 1 aliphatic rings. The fourth-order valence-electron chi connectivity index (χ4n) is 1.91. The van der Waals surface area contributed by atoms with Crippen LogP contribution in [-0.4, -0.2) is 9.55 Å². The van der Waals surface area contributed by atoms with Crippen LogP contribution in [0, 0.1) is 0 Å². The zero-order chi connectivity index (χ0) is 9.97. The third-order valence-electron chi connectivity index (χ3n) is 3.15. The third-order valence-corrected chi connectivity index (χ3v) is 3.15. The number of nitrogen functional groups attached to an aromatic ring is 1. The summed E-state index contributed by atoms with van der Waals surface area (Å²) in [5, 5.41) is 0. The normalized spacial score (nSPS) is 16.9. The molecule has 2 N–H and O–H groups in total. The van der Waals surface area contributed by atoms with Crippen molar-refractivity contribution in [3.8, 4) is 0 Å². The van der Waals surface area contributed by atoms with Crippen LogP contribution in [0.1, 0.15) is 50.6 Å². The Morgan fingerprint density at radius 2 is 2.36 bits per heavy atom. The van der Waals surface area contributed by atoms with Gasteiger partial charge in [0, 0.05) is 12.5 Å². The Balaban J connectivity index is 2.06. The molecule has 0 bridgehead atoms. The number of hydrogen-bond donors (Lipinski definition) is 1. The molecule has 1 fully saturated rings. The van der Waals surface area contributed by atoms with E-state index in [-0.39, 0.29) is 0 Å². The van der Waals surface area contributed by atoms with Crippen molar-refractivity contribution in [2.45, 2.75) is 51.5 Å². The Bertz CT molecular complexity index is 299. The van der Waals surface area contributed by atoms with Crippen molar-refractivity contribution in [3.05, 3.63) is 12.0 Å². The van der Waals surface area contributed by atoms with E-state index in [2.05, 4.69) is 16.5 Å². The lowest BCUT2D eigenvalue weighted by Crippen LogP contribution is -2.12. The van der Waals surface area contributed by atoms with Gasteiger partial charge in [0.25, 0.3) is 0 Å². The second kappa shape index (κ2) is 4.03. The van der Waals surface area contributed by atoms with Gasteiger partial charge in [0.05, 0.1) is 12.0 Å². The van der Waals surface area contributed by atoms with Crippen molar-refractivity contribution in [2.75, 3.05) is 5.73 Å². The SMILES string of the molecule is CCCCn1cnc(C2CCC2)c1N. The molecule has 2 rings (SSSR count). The Morgan fingerprint density at radius 3 is 2.93 bits per heavy atom. The molecule has 78 valence electrons. The topological polar surface area (TPSA) is 43.8 Å². The minimum atomic E-state index is 0.651. The maximum absolute atomic E-state index is 6.05. The second-order valence-corrected chi connectivity index (χ2v) is 4.19. The minimum absolute atomic E-state index is 0.651. The number of nitrogens with two attached hydrogens (primary N) is 1. The summed E-state index contributed by atoms with van der Waals surface area (Å²) in [6.07, 6.45) is 8.18. The number of aryl methyl sites for hydroxylation is 1. The Morgan fingerprint density at radius 1 is 1.57 bits per heavy atom. The summed E-state index contributed by atoms with van der Waals surface area (Å²) < 4.78 is 2.09. The summed E-state index contributed by atoms with van der Waals surface area (Å²) in [6, 6.07) is 0. The summed E-state index contributed by atoms with van der Waals surface area (Å²) >= 11 is 0. The molecule has 3 heteroatoms. The molecule has 1 saturated carbocycles. The van der Waals surface area contributed by atoms with Gasteiger partial charge in [0.2, 0.25) is 0 Å². The average Bonchev–Trinajstić information content (AvgIpc) is 2.43. The molecule has 1 heterocycles. The standard InChI is InChI=1S/C11H19N3/c1-2-3-7-14-8-13-10(11(14)12)9-5-4-6-9/h8-9H,2-7,12H2,1H3. The highest BCUT2D eigenvalue weighted by Crippen LogP contribution is 2.37. The number of nitrogens with zero attached hydrogens (tertiary/aromatic N) is 2. The van der Waals surface area contributed by atoms with Crippen molar-refractivity contribution in [1.29, 1.82) is 0 Å². The first-order valence-electron chi connectivity index (χ1n) is 5.63. The predicted octanol–water partition coefficient (Wildman–Crippen LogP) is 2.53. The average molecular weight is 193 g/mol. The smallest absolute Gasteiger partial charge is 0.126 e. The predicted molar refractivity (Wildman–Crippen MR) is 58.1 cm³/mol. The van der Waals surface area contributed by atoms with Crippen LogP contribution in [0.2, 0.25) is 0 Å². The molecule has 0 aromatic carbocycles. The first kappa shape index (κ1) is 9.56. The molecule has 1 aromatic heterocycles. The van der Waals surface area contributed by atoms with Crippen LogP contribution in [0.25, 0.3) is 0 Å². The molecule has 0 spiro atoms. The molecule has 0 radical (unpaired) electrons. The van der Waals surface area contributed by atoms with Gasteiger partial charge in [0.1, 0.15) is 5.82 Å². The maximum atomic E-state index is 6.05. The Labute approximate surface area is 85.3 Å². The van der Waals surface area contributed by atoms with Crippen LogP contribution in [0.5, 0.6) is 0 Å². The minimum Gasteiger partial charge on any atom is -0.384 e. The largest absolute Gasteiger partial charge is 0.384 e. The van der Waals surface area contributed by atoms with Gasteiger partial charge in [-0.1, -0.05) is 19.8 Å². The summed E-state index contributed by atoms with van der Waals surface area (Å²) in [5.74, 6) is 1.56.